The molecule has 1 aromatic rings. The number of esters is 1. The van der Waals surface area contributed by atoms with E-state index in [4.69, 9.17) is 4.74 Å². The Bertz CT molecular complexity index is 865. The Kier molecular flexibility index (Phi) is 5.74. The molecule has 3 heterocycles. The van der Waals surface area contributed by atoms with Crippen molar-refractivity contribution < 1.29 is 31.9 Å². The molecule has 0 saturated carbocycles. The molecule has 1 spiro atoms. The van der Waals surface area contributed by atoms with E-state index in [2.05, 4.69) is 0 Å². The topological polar surface area (TPSA) is 49.9 Å². The number of rotatable bonds is 3. The van der Waals surface area contributed by atoms with Gasteiger partial charge in [-0.2, -0.15) is 13.2 Å². The van der Waals surface area contributed by atoms with Gasteiger partial charge in [-0.05, 0) is 29.7 Å². The molecular formula is C22H26F4N2O3. The highest BCUT2D eigenvalue weighted by Crippen LogP contribution is 2.45. The predicted octanol–water partition coefficient (Wildman–Crippen LogP) is 3.20. The number of likely N-dealkylation sites (tertiary alicyclic amines) is 1. The second-order valence-electron chi connectivity index (χ2n) is 8.77. The second-order valence-corrected chi connectivity index (χ2v) is 8.77. The summed E-state index contributed by atoms with van der Waals surface area (Å²) in [6, 6.07) is 3.66. The molecule has 0 N–H and O–H groups in total. The van der Waals surface area contributed by atoms with E-state index < -0.39 is 41.8 Å². The molecule has 0 radical (unpaired) electrons. The van der Waals surface area contributed by atoms with Crippen LogP contribution in [0.15, 0.2) is 18.2 Å². The van der Waals surface area contributed by atoms with Gasteiger partial charge in [0, 0.05) is 45.6 Å². The molecule has 4 rings (SSSR count). The monoisotopic (exact) mass is 442 g/mol. The Morgan fingerprint density at radius 1 is 1.19 bits per heavy atom. The summed E-state index contributed by atoms with van der Waals surface area (Å²) < 4.78 is 57.8. The van der Waals surface area contributed by atoms with Gasteiger partial charge in [-0.3, -0.25) is 9.59 Å². The highest BCUT2D eigenvalue weighted by Gasteiger charge is 2.58. The molecule has 31 heavy (non-hydrogen) atoms. The number of piperidine rings is 1. The normalized spacial score (nSPS) is 26.1. The SMILES string of the molecule is CC1C(=O)OC2(CCN(CCF)CC2)C1C(=O)N1CCc2ccc(C(F)(F)F)cc2C1. The van der Waals surface area contributed by atoms with Gasteiger partial charge in [0.05, 0.1) is 17.4 Å². The minimum Gasteiger partial charge on any atom is -0.458 e. The standard InChI is InChI=1S/C22H26F4N2O3/c1-14-18(21(31-20(14)30)5-9-27(10-6-21)11-7-23)19(29)28-8-4-15-2-3-17(22(24,25)26)12-16(15)13-28/h2-3,12,14,18H,4-11,13H2,1H3. The van der Waals surface area contributed by atoms with Crippen molar-refractivity contribution in [2.75, 3.05) is 32.9 Å². The molecule has 0 aliphatic carbocycles. The summed E-state index contributed by atoms with van der Waals surface area (Å²) >= 11 is 0. The van der Waals surface area contributed by atoms with Crippen LogP contribution in [-0.4, -0.2) is 60.1 Å². The molecule has 9 heteroatoms. The van der Waals surface area contributed by atoms with E-state index in [1.54, 1.807) is 11.8 Å². The number of carbonyl (C=O) groups excluding carboxylic acids is 2. The van der Waals surface area contributed by atoms with Crippen molar-refractivity contribution in [1.82, 2.24) is 9.80 Å². The van der Waals surface area contributed by atoms with Crippen LogP contribution in [0.1, 0.15) is 36.5 Å². The Hall–Kier alpha value is -2.16. The summed E-state index contributed by atoms with van der Waals surface area (Å²) in [4.78, 5) is 29.4. The molecule has 0 bridgehead atoms. The zero-order valence-electron chi connectivity index (χ0n) is 17.4. The van der Waals surface area contributed by atoms with E-state index in [0.29, 0.717) is 51.0 Å². The first-order valence-electron chi connectivity index (χ1n) is 10.6. The van der Waals surface area contributed by atoms with Crippen molar-refractivity contribution in [2.24, 2.45) is 11.8 Å². The third-order valence-electron chi connectivity index (χ3n) is 6.97. The first-order valence-corrected chi connectivity index (χ1v) is 10.6. The van der Waals surface area contributed by atoms with E-state index in [-0.39, 0.29) is 12.5 Å². The van der Waals surface area contributed by atoms with E-state index in [1.807, 2.05) is 4.90 Å². The first kappa shape index (κ1) is 22.0. The zero-order valence-corrected chi connectivity index (χ0v) is 17.4. The lowest BCUT2D eigenvalue weighted by Gasteiger charge is -2.42. The van der Waals surface area contributed by atoms with Crippen molar-refractivity contribution in [3.05, 3.63) is 34.9 Å². The molecule has 1 aromatic carbocycles. The molecule has 3 aliphatic rings. The Labute approximate surface area is 178 Å². The van der Waals surface area contributed by atoms with Crippen LogP contribution < -0.4 is 0 Å². The maximum absolute atomic E-state index is 13.5. The highest BCUT2D eigenvalue weighted by atomic mass is 19.4. The Morgan fingerprint density at radius 2 is 1.90 bits per heavy atom. The molecule has 5 nitrogen and oxygen atoms in total. The number of hydrogen-bond acceptors (Lipinski definition) is 4. The van der Waals surface area contributed by atoms with Crippen LogP contribution in [0.25, 0.3) is 0 Å². The van der Waals surface area contributed by atoms with Gasteiger partial charge in [-0.25, -0.2) is 4.39 Å². The number of carbonyl (C=O) groups is 2. The highest BCUT2D eigenvalue weighted by molar-refractivity contribution is 5.89. The van der Waals surface area contributed by atoms with Crippen LogP contribution in [0, 0.1) is 11.8 Å². The van der Waals surface area contributed by atoms with E-state index >= 15 is 0 Å². The molecular weight excluding hydrogens is 416 g/mol. The van der Waals surface area contributed by atoms with Crippen LogP contribution >= 0.6 is 0 Å². The third kappa shape index (κ3) is 4.04. The lowest BCUT2D eigenvalue weighted by Crippen LogP contribution is -2.54. The number of alkyl halides is 4. The van der Waals surface area contributed by atoms with Crippen molar-refractivity contribution in [1.29, 1.82) is 0 Å². The quantitative estimate of drug-likeness (QED) is 0.533. The minimum atomic E-state index is -4.45. The molecule has 2 saturated heterocycles. The molecule has 1 amide bonds. The number of hydrogen-bond donors (Lipinski definition) is 0. The largest absolute Gasteiger partial charge is 0.458 e. The Balaban J connectivity index is 1.55. The maximum atomic E-state index is 13.5. The van der Waals surface area contributed by atoms with Gasteiger partial charge < -0.3 is 14.5 Å². The minimum absolute atomic E-state index is 0.0829. The number of ether oxygens (including phenoxy) is 1. The van der Waals surface area contributed by atoms with Crippen LogP contribution in [0.5, 0.6) is 0 Å². The fourth-order valence-corrected chi connectivity index (χ4v) is 5.19. The smallest absolute Gasteiger partial charge is 0.416 e. The summed E-state index contributed by atoms with van der Waals surface area (Å²) in [7, 11) is 0. The molecule has 0 aromatic heterocycles. The van der Waals surface area contributed by atoms with Gasteiger partial charge in [0.1, 0.15) is 12.3 Å². The fourth-order valence-electron chi connectivity index (χ4n) is 5.19. The number of halogens is 4. The van der Waals surface area contributed by atoms with Gasteiger partial charge in [-0.1, -0.05) is 13.0 Å². The summed E-state index contributed by atoms with van der Waals surface area (Å²) in [6.07, 6.45) is -3.09. The summed E-state index contributed by atoms with van der Waals surface area (Å²) in [6.45, 7) is 3.06. The van der Waals surface area contributed by atoms with Crippen molar-refractivity contribution in [3.8, 4) is 0 Å². The number of benzene rings is 1. The number of fused-ring (bicyclic) bond motifs is 1. The molecule has 170 valence electrons. The van der Waals surface area contributed by atoms with E-state index in [1.165, 1.54) is 6.07 Å². The predicted molar refractivity (Wildman–Crippen MR) is 104 cm³/mol. The number of amides is 1. The average molecular weight is 442 g/mol. The lowest BCUT2D eigenvalue weighted by molar-refractivity contribution is -0.158. The van der Waals surface area contributed by atoms with E-state index in [9.17, 15) is 27.2 Å². The lowest BCUT2D eigenvalue weighted by atomic mass is 9.74. The molecule has 2 atom stereocenters. The van der Waals surface area contributed by atoms with Gasteiger partial charge in [0.25, 0.3) is 0 Å². The van der Waals surface area contributed by atoms with Crippen molar-refractivity contribution in [3.63, 3.8) is 0 Å². The van der Waals surface area contributed by atoms with Gasteiger partial charge in [-0.15, -0.1) is 0 Å². The third-order valence-corrected chi connectivity index (χ3v) is 6.97. The molecule has 2 unspecified atom stereocenters. The second kappa shape index (κ2) is 8.07. The van der Waals surface area contributed by atoms with Gasteiger partial charge >= 0.3 is 12.1 Å². The summed E-state index contributed by atoms with van der Waals surface area (Å²) in [5, 5.41) is 0. The van der Waals surface area contributed by atoms with Crippen LogP contribution in [0.4, 0.5) is 17.6 Å². The van der Waals surface area contributed by atoms with E-state index in [0.717, 1.165) is 17.7 Å². The first-order chi connectivity index (χ1) is 14.6. The summed E-state index contributed by atoms with van der Waals surface area (Å²) in [5.74, 6) is -1.97. The molecule has 2 fully saturated rings. The van der Waals surface area contributed by atoms with Gasteiger partial charge in [0.15, 0.2) is 0 Å². The number of nitrogens with zero attached hydrogens (tertiary/aromatic N) is 2. The zero-order chi connectivity index (χ0) is 22.4. The maximum Gasteiger partial charge on any atom is 0.416 e. The fraction of sp³-hybridized carbons (Fsp3) is 0.636. The van der Waals surface area contributed by atoms with Gasteiger partial charge in [0.2, 0.25) is 5.91 Å². The van der Waals surface area contributed by atoms with Crippen LogP contribution in [-0.2, 0) is 33.5 Å². The van der Waals surface area contributed by atoms with Crippen molar-refractivity contribution in [2.45, 2.75) is 44.5 Å². The van der Waals surface area contributed by atoms with Crippen LogP contribution in [0.2, 0.25) is 0 Å². The van der Waals surface area contributed by atoms with Crippen LogP contribution in [0.3, 0.4) is 0 Å². The summed E-state index contributed by atoms with van der Waals surface area (Å²) in [5.41, 5.74) is -0.365. The Morgan fingerprint density at radius 3 is 2.55 bits per heavy atom. The molecule has 3 aliphatic heterocycles. The van der Waals surface area contributed by atoms with Crippen molar-refractivity contribution >= 4 is 11.9 Å². The average Bonchev–Trinajstić information content (AvgIpc) is 2.97.